The van der Waals surface area contributed by atoms with Gasteiger partial charge in [-0.2, -0.15) is 0 Å². The molecule has 7 heteroatoms. The molecule has 0 spiro atoms. The Morgan fingerprint density at radius 3 is 2.52 bits per heavy atom. The fraction of sp³-hybridized carbons (Fsp3) is 0.227. The molecule has 3 aromatic rings. The van der Waals surface area contributed by atoms with E-state index < -0.39 is 0 Å². The van der Waals surface area contributed by atoms with Gasteiger partial charge in [0.2, 0.25) is 0 Å². The van der Waals surface area contributed by atoms with E-state index in [9.17, 15) is 4.79 Å². The first-order chi connectivity index (χ1) is 14.3. The van der Waals surface area contributed by atoms with Crippen LogP contribution in [0.25, 0.3) is 6.08 Å². The van der Waals surface area contributed by atoms with Crippen molar-refractivity contribution in [1.29, 1.82) is 0 Å². The zero-order valence-electron chi connectivity index (χ0n) is 16.1. The zero-order valence-corrected chi connectivity index (χ0v) is 16.1. The molecule has 1 saturated heterocycles. The number of anilines is 2. The standard InChI is InChI=1S/C22H23N5O2/c28-22(19-9-5-17-29-19)23-20-10-11-21(25-24-20)27-15-13-26(14-16-27)12-4-8-18-6-2-1-3-7-18/h1-11,17H,12-16H2,(H,23,24,28)/b8-4+. The van der Waals surface area contributed by atoms with Crippen molar-refractivity contribution < 1.29 is 9.21 Å². The van der Waals surface area contributed by atoms with Gasteiger partial charge in [0.15, 0.2) is 17.4 Å². The third-order valence-corrected chi connectivity index (χ3v) is 4.81. The van der Waals surface area contributed by atoms with Crippen molar-refractivity contribution in [1.82, 2.24) is 15.1 Å². The van der Waals surface area contributed by atoms with Crippen LogP contribution in [-0.4, -0.2) is 53.7 Å². The molecule has 7 nitrogen and oxygen atoms in total. The van der Waals surface area contributed by atoms with Crippen molar-refractivity contribution in [3.8, 4) is 0 Å². The highest BCUT2D eigenvalue weighted by molar-refractivity contribution is 6.01. The van der Waals surface area contributed by atoms with Crippen LogP contribution >= 0.6 is 0 Å². The number of carbonyl (C=O) groups is 1. The molecule has 0 bridgehead atoms. The number of amides is 1. The molecular weight excluding hydrogens is 366 g/mol. The first-order valence-electron chi connectivity index (χ1n) is 9.65. The summed E-state index contributed by atoms with van der Waals surface area (Å²) in [5.41, 5.74) is 1.22. The molecule has 0 aliphatic carbocycles. The molecule has 0 saturated carbocycles. The molecule has 3 heterocycles. The molecule has 1 aliphatic heterocycles. The van der Waals surface area contributed by atoms with Crippen LogP contribution in [0.1, 0.15) is 16.1 Å². The second-order valence-electron chi connectivity index (χ2n) is 6.81. The Morgan fingerprint density at radius 1 is 1.00 bits per heavy atom. The number of furan rings is 1. The maximum Gasteiger partial charge on any atom is 0.292 e. The number of nitrogens with one attached hydrogen (secondary N) is 1. The van der Waals surface area contributed by atoms with Gasteiger partial charge in [-0.05, 0) is 29.8 Å². The van der Waals surface area contributed by atoms with Gasteiger partial charge in [0, 0.05) is 32.7 Å². The van der Waals surface area contributed by atoms with Crippen molar-refractivity contribution in [2.45, 2.75) is 0 Å². The SMILES string of the molecule is O=C(Nc1ccc(N2CCN(C/C=C/c3ccccc3)CC2)nn1)c1ccco1. The molecule has 0 atom stereocenters. The lowest BCUT2D eigenvalue weighted by molar-refractivity contribution is 0.0996. The molecule has 1 aliphatic rings. The zero-order chi connectivity index (χ0) is 19.9. The second-order valence-corrected chi connectivity index (χ2v) is 6.81. The summed E-state index contributed by atoms with van der Waals surface area (Å²) in [4.78, 5) is 16.6. The molecule has 29 heavy (non-hydrogen) atoms. The maximum absolute atomic E-state index is 12.0. The maximum atomic E-state index is 12.0. The minimum absolute atomic E-state index is 0.244. The summed E-state index contributed by atoms with van der Waals surface area (Å²) in [7, 11) is 0. The molecular formula is C22H23N5O2. The average Bonchev–Trinajstić information content (AvgIpc) is 3.31. The van der Waals surface area contributed by atoms with E-state index in [2.05, 4.69) is 49.6 Å². The average molecular weight is 389 g/mol. The van der Waals surface area contributed by atoms with Crippen molar-refractivity contribution in [3.63, 3.8) is 0 Å². The number of hydrogen-bond donors (Lipinski definition) is 1. The van der Waals surface area contributed by atoms with E-state index in [1.807, 2.05) is 24.3 Å². The summed E-state index contributed by atoms with van der Waals surface area (Å²) >= 11 is 0. The highest BCUT2D eigenvalue weighted by Gasteiger charge is 2.18. The Bertz CT molecular complexity index is 931. The smallest absolute Gasteiger partial charge is 0.292 e. The van der Waals surface area contributed by atoms with E-state index in [1.54, 1.807) is 18.2 Å². The van der Waals surface area contributed by atoms with Gasteiger partial charge in [-0.3, -0.25) is 9.69 Å². The lowest BCUT2D eigenvalue weighted by Crippen LogP contribution is -2.46. The summed E-state index contributed by atoms with van der Waals surface area (Å²) in [5.74, 6) is 1.13. The Labute approximate surface area is 169 Å². The van der Waals surface area contributed by atoms with Gasteiger partial charge in [-0.1, -0.05) is 42.5 Å². The summed E-state index contributed by atoms with van der Waals surface area (Å²) in [6, 6.07) is 17.3. The topological polar surface area (TPSA) is 74.5 Å². The van der Waals surface area contributed by atoms with Gasteiger partial charge in [0.05, 0.1) is 6.26 Å². The summed E-state index contributed by atoms with van der Waals surface area (Å²) in [5, 5.41) is 11.1. The number of piperazine rings is 1. The van der Waals surface area contributed by atoms with Crippen LogP contribution < -0.4 is 10.2 Å². The summed E-state index contributed by atoms with van der Waals surface area (Å²) in [6.45, 7) is 4.67. The van der Waals surface area contributed by atoms with Crippen molar-refractivity contribution in [2.24, 2.45) is 0 Å². The molecule has 0 unspecified atom stereocenters. The number of nitrogens with zero attached hydrogens (tertiary/aromatic N) is 4. The van der Waals surface area contributed by atoms with E-state index in [-0.39, 0.29) is 11.7 Å². The lowest BCUT2D eigenvalue weighted by atomic mass is 10.2. The first kappa shape index (κ1) is 18.9. The van der Waals surface area contributed by atoms with E-state index in [0.717, 1.165) is 38.5 Å². The van der Waals surface area contributed by atoms with E-state index >= 15 is 0 Å². The van der Waals surface area contributed by atoms with Gasteiger partial charge in [-0.15, -0.1) is 10.2 Å². The summed E-state index contributed by atoms with van der Waals surface area (Å²) in [6.07, 6.45) is 5.83. The van der Waals surface area contributed by atoms with Crippen LogP contribution in [0.3, 0.4) is 0 Å². The third-order valence-electron chi connectivity index (χ3n) is 4.81. The fourth-order valence-corrected chi connectivity index (χ4v) is 3.21. The van der Waals surface area contributed by atoms with Gasteiger partial charge >= 0.3 is 0 Å². The third kappa shape index (κ3) is 5.08. The Balaban J connectivity index is 1.25. The van der Waals surface area contributed by atoms with E-state index in [1.165, 1.54) is 11.8 Å². The molecule has 1 N–H and O–H groups in total. The Kier molecular flexibility index (Phi) is 5.97. The molecule has 148 valence electrons. The normalized spacial score (nSPS) is 15.0. The quantitative estimate of drug-likeness (QED) is 0.698. The second kappa shape index (κ2) is 9.16. The van der Waals surface area contributed by atoms with Crippen molar-refractivity contribution in [2.75, 3.05) is 42.9 Å². The number of aromatic nitrogens is 2. The fourth-order valence-electron chi connectivity index (χ4n) is 3.21. The monoisotopic (exact) mass is 389 g/mol. The predicted molar refractivity (Wildman–Crippen MR) is 113 cm³/mol. The van der Waals surface area contributed by atoms with Crippen LogP contribution in [0.15, 0.2) is 71.4 Å². The molecule has 4 rings (SSSR count). The van der Waals surface area contributed by atoms with Gasteiger partial charge in [-0.25, -0.2) is 0 Å². The number of rotatable bonds is 6. The minimum Gasteiger partial charge on any atom is -0.459 e. The van der Waals surface area contributed by atoms with Crippen LogP contribution in [-0.2, 0) is 0 Å². The number of benzene rings is 1. The van der Waals surface area contributed by atoms with Crippen LogP contribution in [0.4, 0.5) is 11.6 Å². The molecule has 0 radical (unpaired) electrons. The van der Waals surface area contributed by atoms with Crippen LogP contribution in [0.2, 0.25) is 0 Å². The van der Waals surface area contributed by atoms with Gasteiger partial charge in [0.25, 0.3) is 5.91 Å². The lowest BCUT2D eigenvalue weighted by Gasteiger charge is -2.34. The highest BCUT2D eigenvalue weighted by atomic mass is 16.3. The summed E-state index contributed by atoms with van der Waals surface area (Å²) < 4.78 is 5.07. The minimum atomic E-state index is -0.339. The predicted octanol–water partition coefficient (Wildman–Crippen LogP) is 3.16. The van der Waals surface area contributed by atoms with Gasteiger partial charge in [0.1, 0.15) is 0 Å². The molecule has 1 amide bonds. The van der Waals surface area contributed by atoms with Crippen molar-refractivity contribution in [3.05, 3.63) is 78.3 Å². The number of carbonyl (C=O) groups excluding carboxylic acids is 1. The molecule has 2 aromatic heterocycles. The molecule has 1 aromatic carbocycles. The largest absolute Gasteiger partial charge is 0.459 e. The Hall–Kier alpha value is -3.45. The Morgan fingerprint density at radius 2 is 1.83 bits per heavy atom. The van der Waals surface area contributed by atoms with Crippen LogP contribution in [0, 0.1) is 0 Å². The van der Waals surface area contributed by atoms with Gasteiger partial charge < -0.3 is 14.6 Å². The number of hydrogen-bond acceptors (Lipinski definition) is 6. The first-order valence-corrected chi connectivity index (χ1v) is 9.65. The molecule has 1 fully saturated rings. The highest BCUT2D eigenvalue weighted by Crippen LogP contribution is 2.15. The van der Waals surface area contributed by atoms with E-state index in [4.69, 9.17) is 4.42 Å². The van der Waals surface area contributed by atoms with E-state index in [0.29, 0.717) is 5.82 Å². The van der Waals surface area contributed by atoms with Crippen molar-refractivity contribution >= 4 is 23.6 Å². The van der Waals surface area contributed by atoms with Crippen LogP contribution in [0.5, 0.6) is 0 Å².